The zero-order chi connectivity index (χ0) is 21.4. The van der Waals surface area contributed by atoms with Crippen LogP contribution in [0.3, 0.4) is 0 Å². The Labute approximate surface area is 167 Å². The Hall–Kier alpha value is -1.68. The SMILES string of the molecule is N[C@H]1CCCCC1C(=O)NCC1CC(S(=O)(=O)c2cc(F)cc(C(F)(F)F)c2)C1. The van der Waals surface area contributed by atoms with Gasteiger partial charge in [-0.1, -0.05) is 12.8 Å². The minimum atomic E-state index is -4.83. The molecular weight excluding hydrogens is 412 g/mol. The molecule has 2 aliphatic carbocycles. The molecule has 5 nitrogen and oxygen atoms in total. The van der Waals surface area contributed by atoms with Crippen LogP contribution in [0.2, 0.25) is 0 Å². The number of carbonyl (C=O) groups excluding carboxylic acids is 1. The molecule has 1 aromatic rings. The van der Waals surface area contributed by atoms with Gasteiger partial charge in [0.15, 0.2) is 9.84 Å². The van der Waals surface area contributed by atoms with E-state index in [1.807, 2.05) is 0 Å². The van der Waals surface area contributed by atoms with Crippen LogP contribution in [-0.2, 0) is 20.8 Å². The second kappa shape index (κ2) is 8.22. The number of sulfone groups is 1. The molecule has 0 spiro atoms. The maximum absolute atomic E-state index is 13.5. The molecule has 2 saturated carbocycles. The number of halogens is 4. The van der Waals surface area contributed by atoms with Crippen molar-refractivity contribution in [2.45, 2.75) is 60.9 Å². The van der Waals surface area contributed by atoms with Crippen LogP contribution in [0.15, 0.2) is 23.1 Å². The van der Waals surface area contributed by atoms with Crippen LogP contribution in [0.4, 0.5) is 17.6 Å². The fourth-order valence-electron chi connectivity index (χ4n) is 4.04. The van der Waals surface area contributed by atoms with Crippen molar-refractivity contribution < 1.29 is 30.8 Å². The Morgan fingerprint density at radius 3 is 2.41 bits per heavy atom. The summed E-state index contributed by atoms with van der Waals surface area (Å²) in [6.07, 6.45) is -0.940. The molecule has 1 amide bonds. The molecule has 3 N–H and O–H groups in total. The molecular formula is C19H24F4N2O3S. The first kappa shape index (κ1) is 22.0. The van der Waals surface area contributed by atoms with Crippen LogP contribution in [0.1, 0.15) is 44.1 Å². The first-order chi connectivity index (χ1) is 13.5. The average molecular weight is 436 g/mol. The summed E-state index contributed by atoms with van der Waals surface area (Å²) >= 11 is 0. The van der Waals surface area contributed by atoms with E-state index in [9.17, 15) is 30.8 Å². The van der Waals surface area contributed by atoms with Gasteiger partial charge in [0.1, 0.15) is 5.82 Å². The standard InChI is InChI=1S/C19H24F4N2O3S/c20-13-7-12(19(21,22)23)8-15(9-13)29(27,28)14-5-11(6-14)10-25-18(26)16-3-1-2-4-17(16)24/h7-9,11,14,16-17H,1-6,10,24H2,(H,25,26)/t11?,14?,16?,17-/m0/s1. The number of nitrogens with one attached hydrogen (secondary N) is 1. The smallest absolute Gasteiger partial charge is 0.356 e. The van der Waals surface area contributed by atoms with Crippen LogP contribution in [0.5, 0.6) is 0 Å². The van der Waals surface area contributed by atoms with Gasteiger partial charge in [0.05, 0.1) is 21.6 Å². The predicted octanol–water partition coefficient (Wildman–Crippen LogP) is 3.03. The molecule has 2 fully saturated rings. The van der Waals surface area contributed by atoms with Crippen molar-refractivity contribution in [2.75, 3.05) is 6.54 Å². The summed E-state index contributed by atoms with van der Waals surface area (Å²) in [5.74, 6) is -1.71. The molecule has 0 radical (unpaired) electrons. The molecule has 162 valence electrons. The Kier molecular flexibility index (Phi) is 6.24. The van der Waals surface area contributed by atoms with E-state index in [1.165, 1.54) is 0 Å². The van der Waals surface area contributed by atoms with Gasteiger partial charge >= 0.3 is 6.18 Å². The van der Waals surface area contributed by atoms with E-state index in [-0.39, 0.29) is 42.7 Å². The van der Waals surface area contributed by atoms with Crippen LogP contribution in [0, 0.1) is 17.7 Å². The zero-order valence-corrected chi connectivity index (χ0v) is 16.5. The number of benzene rings is 1. The average Bonchev–Trinajstić information content (AvgIpc) is 2.59. The van der Waals surface area contributed by atoms with Gasteiger partial charge in [-0.2, -0.15) is 13.2 Å². The monoisotopic (exact) mass is 436 g/mol. The first-order valence-electron chi connectivity index (χ1n) is 9.63. The lowest BCUT2D eigenvalue weighted by atomic mass is 9.83. The molecule has 0 bridgehead atoms. The van der Waals surface area contributed by atoms with E-state index in [0.717, 1.165) is 25.7 Å². The molecule has 3 rings (SSSR count). The van der Waals surface area contributed by atoms with Crippen molar-refractivity contribution in [1.29, 1.82) is 0 Å². The lowest BCUT2D eigenvalue weighted by Crippen LogP contribution is -2.47. The van der Waals surface area contributed by atoms with E-state index in [2.05, 4.69) is 5.32 Å². The quantitative estimate of drug-likeness (QED) is 0.695. The summed E-state index contributed by atoms with van der Waals surface area (Å²) in [7, 11) is -4.08. The third-order valence-corrected chi connectivity index (χ3v) is 8.03. The molecule has 1 unspecified atom stereocenters. The molecule has 0 aromatic heterocycles. The molecule has 10 heteroatoms. The van der Waals surface area contributed by atoms with E-state index >= 15 is 0 Å². The second-order valence-corrected chi connectivity index (χ2v) is 10.2. The minimum Gasteiger partial charge on any atom is -0.356 e. The maximum Gasteiger partial charge on any atom is 0.416 e. The van der Waals surface area contributed by atoms with Gasteiger partial charge in [0.25, 0.3) is 0 Å². The number of carbonyl (C=O) groups is 1. The molecule has 2 atom stereocenters. The molecule has 2 aliphatic rings. The first-order valence-corrected chi connectivity index (χ1v) is 11.2. The summed E-state index contributed by atoms with van der Waals surface area (Å²) in [6, 6.07) is 1.19. The summed E-state index contributed by atoms with van der Waals surface area (Å²) in [6.45, 7) is 0.297. The highest BCUT2D eigenvalue weighted by Crippen LogP contribution is 2.38. The highest BCUT2D eigenvalue weighted by molar-refractivity contribution is 7.92. The maximum atomic E-state index is 13.5. The van der Waals surface area contributed by atoms with Crippen molar-refractivity contribution in [1.82, 2.24) is 5.32 Å². The zero-order valence-electron chi connectivity index (χ0n) is 15.7. The highest BCUT2D eigenvalue weighted by atomic mass is 32.2. The van der Waals surface area contributed by atoms with E-state index < -0.39 is 37.5 Å². The third-order valence-electron chi connectivity index (χ3n) is 5.88. The fourth-order valence-corrected chi connectivity index (χ4v) is 6.04. The lowest BCUT2D eigenvalue weighted by molar-refractivity contribution is -0.138. The molecule has 0 heterocycles. The summed E-state index contributed by atoms with van der Waals surface area (Å²) in [5, 5.41) is 1.93. The van der Waals surface area contributed by atoms with E-state index in [0.29, 0.717) is 18.7 Å². The van der Waals surface area contributed by atoms with Gasteiger partial charge in [-0.15, -0.1) is 0 Å². The summed E-state index contributed by atoms with van der Waals surface area (Å²) in [4.78, 5) is 11.6. The van der Waals surface area contributed by atoms with Gasteiger partial charge in [-0.25, -0.2) is 12.8 Å². The Balaban J connectivity index is 1.57. The van der Waals surface area contributed by atoms with E-state index in [4.69, 9.17) is 5.73 Å². The second-order valence-electron chi connectivity index (χ2n) is 7.98. The number of hydrogen-bond donors (Lipinski definition) is 2. The Morgan fingerprint density at radius 2 is 1.79 bits per heavy atom. The van der Waals surface area contributed by atoms with Crippen molar-refractivity contribution in [3.63, 3.8) is 0 Å². The van der Waals surface area contributed by atoms with Gasteiger partial charge in [0.2, 0.25) is 5.91 Å². The number of rotatable bonds is 5. The number of hydrogen-bond acceptors (Lipinski definition) is 4. The molecule has 29 heavy (non-hydrogen) atoms. The van der Waals surface area contributed by atoms with Crippen LogP contribution < -0.4 is 11.1 Å². The van der Waals surface area contributed by atoms with Crippen LogP contribution in [-0.4, -0.2) is 32.2 Å². The normalized spacial score (nSPS) is 27.9. The van der Waals surface area contributed by atoms with Crippen molar-refractivity contribution >= 4 is 15.7 Å². The Bertz CT molecular complexity index is 867. The van der Waals surface area contributed by atoms with Crippen LogP contribution >= 0.6 is 0 Å². The van der Waals surface area contributed by atoms with Gasteiger partial charge in [-0.3, -0.25) is 4.79 Å². The Morgan fingerprint density at radius 1 is 1.14 bits per heavy atom. The van der Waals surface area contributed by atoms with Gasteiger partial charge in [-0.05, 0) is 49.8 Å². The summed E-state index contributed by atoms with van der Waals surface area (Å²) < 4.78 is 77.2. The van der Waals surface area contributed by atoms with Gasteiger partial charge < -0.3 is 11.1 Å². The largest absolute Gasteiger partial charge is 0.416 e. The summed E-state index contributed by atoms with van der Waals surface area (Å²) in [5.41, 5.74) is 4.65. The van der Waals surface area contributed by atoms with Crippen LogP contribution in [0.25, 0.3) is 0 Å². The highest BCUT2D eigenvalue weighted by Gasteiger charge is 2.41. The van der Waals surface area contributed by atoms with Crippen molar-refractivity contribution in [3.05, 3.63) is 29.6 Å². The third kappa shape index (κ3) is 4.91. The van der Waals surface area contributed by atoms with Crippen molar-refractivity contribution in [3.8, 4) is 0 Å². The fraction of sp³-hybridized carbons (Fsp3) is 0.632. The van der Waals surface area contributed by atoms with Crippen molar-refractivity contribution in [2.24, 2.45) is 17.6 Å². The number of nitrogens with two attached hydrogens (primary N) is 1. The molecule has 1 aromatic carbocycles. The topological polar surface area (TPSA) is 89.3 Å². The molecule has 0 aliphatic heterocycles. The minimum absolute atomic E-state index is 0.0887. The predicted molar refractivity (Wildman–Crippen MR) is 98.0 cm³/mol. The number of alkyl halides is 3. The number of amides is 1. The lowest BCUT2D eigenvalue weighted by Gasteiger charge is -2.36. The molecule has 0 saturated heterocycles. The van der Waals surface area contributed by atoms with Gasteiger partial charge in [0, 0.05) is 12.6 Å². The van der Waals surface area contributed by atoms with E-state index in [1.54, 1.807) is 0 Å².